The fraction of sp³-hybridized carbons (Fsp3) is 0.167. The van der Waals surface area contributed by atoms with Gasteiger partial charge in [-0.25, -0.2) is 9.97 Å². The number of hydrogen-bond donors (Lipinski definition) is 1. The van der Waals surface area contributed by atoms with Gasteiger partial charge in [-0.15, -0.1) is 0 Å². The summed E-state index contributed by atoms with van der Waals surface area (Å²) in [6, 6.07) is 18.5. The van der Waals surface area contributed by atoms with Gasteiger partial charge in [-0.1, -0.05) is 65.3 Å². The number of aryl methyl sites for hydroxylation is 1. The van der Waals surface area contributed by atoms with Gasteiger partial charge in [-0.3, -0.25) is 14.2 Å². The summed E-state index contributed by atoms with van der Waals surface area (Å²) in [5.74, 6) is 0.171. The van der Waals surface area contributed by atoms with E-state index >= 15 is 0 Å². The first-order valence-electron chi connectivity index (χ1n) is 10.0. The van der Waals surface area contributed by atoms with Crippen LogP contribution in [0.1, 0.15) is 18.1 Å². The lowest BCUT2D eigenvalue weighted by atomic mass is 10.1. The van der Waals surface area contributed by atoms with E-state index in [2.05, 4.69) is 10.3 Å². The van der Waals surface area contributed by atoms with Crippen LogP contribution >= 0.6 is 23.4 Å². The van der Waals surface area contributed by atoms with Gasteiger partial charge >= 0.3 is 0 Å². The number of amides is 1. The summed E-state index contributed by atoms with van der Waals surface area (Å²) >= 11 is 7.09. The number of benzene rings is 2. The highest BCUT2D eigenvalue weighted by molar-refractivity contribution is 8.00. The lowest BCUT2D eigenvalue weighted by Gasteiger charge is -2.16. The normalized spacial score (nSPS) is 12.0. The second-order valence-corrected chi connectivity index (χ2v) is 9.14. The fourth-order valence-electron chi connectivity index (χ4n) is 3.14. The number of rotatable bonds is 6. The Morgan fingerprint density at radius 1 is 1.12 bits per heavy atom. The largest absolute Gasteiger partial charge is 0.310 e. The van der Waals surface area contributed by atoms with Crippen molar-refractivity contribution in [3.05, 3.63) is 93.4 Å². The standard InChI is InChI=1S/C24H21ClN4O2S/c1-15-7-9-17(10-8-15)14-29-23(31)19-5-3-4-6-20(19)27-24(29)32-16(2)22(30)28-21-12-11-18(25)13-26-21/h3-13,16H,14H2,1-2H3,(H,26,28,30). The summed E-state index contributed by atoms with van der Waals surface area (Å²) in [6.45, 7) is 4.16. The van der Waals surface area contributed by atoms with E-state index in [0.717, 1.165) is 11.1 Å². The third kappa shape index (κ3) is 5.00. The Balaban J connectivity index is 1.65. The molecule has 1 amide bonds. The van der Waals surface area contributed by atoms with Crippen LogP contribution in [-0.2, 0) is 11.3 Å². The number of carbonyl (C=O) groups excluding carboxylic acids is 1. The van der Waals surface area contributed by atoms with E-state index in [9.17, 15) is 9.59 Å². The van der Waals surface area contributed by atoms with Gasteiger partial charge in [-0.05, 0) is 43.7 Å². The molecule has 0 saturated heterocycles. The monoisotopic (exact) mass is 464 g/mol. The molecule has 1 atom stereocenters. The number of thioether (sulfide) groups is 1. The van der Waals surface area contributed by atoms with Crippen molar-refractivity contribution in [2.45, 2.75) is 30.8 Å². The first-order valence-corrected chi connectivity index (χ1v) is 11.3. The number of pyridine rings is 1. The molecule has 0 aliphatic carbocycles. The molecule has 6 nitrogen and oxygen atoms in total. The van der Waals surface area contributed by atoms with Crippen molar-refractivity contribution in [1.29, 1.82) is 0 Å². The van der Waals surface area contributed by atoms with Crippen LogP contribution < -0.4 is 10.9 Å². The Morgan fingerprint density at radius 3 is 2.59 bits per heavy atom. The molecule has 32 heavy (non-hydrogen) atoms. The molecule has 162 valence electrons. The van der Waals surface area contributed by atoms with Gasteiger partial charge in [0, 0.05) is 6.20 Å². The van der Waals surface area contributed by atoms with Crippen molar-refractivity contribution in [2.75, 3.05) is 5.32 Å². The van der Waals surface area contributed by atoms with Gasteiger partial charge in [0.2, 0.25) is 5.91 Å². The van der Waals surface area contributed by atoms with Crippen LogP contribution in [0.25, 0.3) is 10.9 Å². The minimum Gasteiger partial charge on any atom is -0.310 e. The number of anilines is 1. The van der Waals surface area contributed by atoms with Crippen LogP contribution in [0.2, 0.25) is 5.02 Å². The fourth-order valence-corrected chi connectivity index (χ4v) is 4.16. The van der Waals surface area contributed by atoms with E-state index in [-0.39, 0.29) is 11.5 Å². The predicted octanol–water partition coefficient (Wildman–Crippen LogP) is 4.92. The van der Waals surface area contributed by atoms with Crippen LogP contribution in [0.3, 0.4) is 0 Å². The Labute approximate surface area is 194 Å². The van der Waals surface area contributed by atoms with Crippen molar-refractivity contribution in [2.24, 2.45) is 0 Å². The van der Waals surface area contributed by atoms with Crippen molar-refractivity contribution < 1.29 is 4.79 Å². The maximum atomic E-state index is 13.3. The number of para-hydroxylation sites is 1. The third-order valence-corrected chi connectivity index (χ3v) is 6.23. The number of halogens is 1. The Hall–Kier alpha value is -3.16. The van der Waals surface area contributed by atoms with Gasteiger partial charge < -0.3 is 5.32 Å². The summed E-state index contributed by atoms with van der Waals surface area (Å²) in [5, 5.41) is 3.79. The van der Waals surface area contributed by atoms with E-state index in [0.29, 0.717) is 33.4 Å². The highest BCUT2D eigenvalue weighted by atomic mass is 35.5. The van der Waals surface area contributed by atoms with Crippen molar-refractivity contribution >= 4 is 46.0 Å². The molecule has 2 aromatic heterocycles. The highest BCUT2D eigenvalue weighted by Gasteiger charge is 2.20. The zero-order valence-electron chi connectivity index (χ0n) is 17.6. The molecule has 4 aromatic rings. The number of carbonyl (C=O) groups is 1. The number of hydrogen-bond acceptors (Lipinski definition) is 5. The maximum Gasteiger partial charge on any atom is 0.262 e. The third-order valence-electron chi connectivity index (χ3n) is 4.92. The van der Waals surface area contributed by atoms with E-state index in [1.54, 1.807) is 35.8 Å². The summed E-state index contributed by atoms with van der Waals surface area (Å²) in [4.78, 5) is 34.8. The van der Waals surface area contributed by atoms with E-state index in [1.165, 1.54) is 18.0 Å². The van der Waals surface area contributed by atoms with E-state index in [1.807, 2.05) is 43.3 Å². The van der Waals surface area contributed by atoms with Crippen LogP contribution in [0.5, 0.6) is 0 Å². The molecule has 0 bridgehead atoms. The van der Waals surface area contributed by atoms with Gasteiger partial charge in [0.1, 0.15) is 5.82 Å². The lowest BCUT2D eigenvalue weighted by Crippen LogP contribution is -2.27. The molecule has 0 spiro atoms. The Bertz CT molecular complexity index is 1320. The van der Waals surface area contributed by atoms with Crippen LogP contribution in [0.4, 0.5) is 5.82 Å². The molecular formula is C24H21ClN4O2S. The molecule has 0 aliphatic heterocycles. The lowest BCUT2D eigenvalue weighted by molar-refractivity contribution is -0.115. The summed E-state index contributed by atoms with van der Waals surface area (Å²) in [5.41, 5.74) is 2.60. The molecule has 0 saturated carbocycles. The van der Waals surface area contributed by atoms with Crippen LogP contribution in [-0.4, -0.2) is 25.7 Å². The maximum absolute atomic E-state index is 13.3. The SMILES string of the molecule is Cc1ccc(Cn2c(SC(C)C(=O)Nc3ccc(Cl)cn3)nc3ccccc3c2=O)cc1. The summed E-state index contributed by atoms with van der Waals surface area (Å²) in [6.07, 6.45) is 1.47. The Morgan fingerprint density at radius 2 is 1.88 bits per heavy atom. The molecule has 0 aliphatic rings. The second-order valence-electron chi connectivity index (χ2n) is 7.40. The van der Waals surface area contributed by atoms with Crippen molar-refractivity contribution in [3.63, 3.8) is 0 Å². The molecule has 1 unspecified atom stereocenters. The van der Waals surface area contributed by atoms with Gasteiger partial charge in [0.25, 0.3) is 5.56 Å². The van der Waals surface area contributed by atoms with Crippen LogP contribution in [0, 0.1) is 6.92 Å². The Kier molecular flexibility index (Phi) is 6.58. The number of aromatic nitrogens is 3. The zero-order chi connectivity index (χ0) is 22.7. The first kappa shape index (κ1) is 22.0. The average molecular weight is 465 g/mol. The molecule has 0 fully saturated rings. The summed E-state index contributed by atoms with van der Waals surface area (Å²) in [7, 11) is 0. The average Bonchev–Trinajstić information content (AvgIpc) is 2.79. The predicted molar refractivity (Wildman–Crippen MR) is 129 cm³/mol. The van der Waals surface area contributed by atoms with Crippen molar-refractivity contribution in [1.82, 2.24) is 14.5 Å². The van der Waals surface area contributed by atoms with Gasteiger partial charge in [0.05, 0.1) is 27.7 Å². The quantitative estimate of drug-likeness (QED) is 0.323. The van der Waals surface area contributed by atoms with E-state index in [4.69, 9.17) is 16.6 Å². The molecular weight excluding hydrogens is 444 g/mol. The molecule has 4 rings (SSSR count). The van der Waals surface area contributed by atoms with Gasteiger partial charge in [0.15, 0.2) is 5.16 Å². The topological polar surface area (TPSA) is 76.9 Å². The minimum absolute atomic E-state index is 0.134. The smallest absolute Gasteiger partial charge is 0.262 e. The zero-order valence-corrected chi connectivity index (χ0v) is 19.2. The molecule has 1 N–H and O–H groups in total. The first-order chi connectivity index (χ1) is 15.4. The highest BCUT2D eigenvalue weighted by Crippen LogP contribution is 2.24. The number of nitrogens with zero attached hydrogens (tertiary/aromatic N) is 3. The minimum atomic E-state index is -0.509. The molecule has 2 heterocycles. The van der Waals surface area contributed by atoms with E-state index < -0.39 is 5.25 Å². The molecule has 2 aromatic carbocycles. The molecule has 8 heteroatoms. The van der Waals surface area contributed by atoms with Crippen molar-refractivity contribution in [3.8, 4) is 0 Å². The molecule has 0 radical (unpaired) electrons. The van der Waals surface area contributed by atoms with Gasteiger partial charge in [-0.2, -0.15) is 0 Å². The van der Waals surface area contributed by atoms with Crippen LogP contribution in [0.15, 0.2) is 76.8 Å². The second kappa shape index (κ2) is 9.54. The number of nitrogens with one attached hydrogen (secondary N) is 1. The summed E-state index contributed by atoms with van der Waals surface area (Å²) < 4.78 is 1.63. The number of fused-ring (bicyclic) bond motifs is 1.